The number of carbonyl (C=O) groups excluding carboxylic acids is 4. The van der Waals surface area contributed by atoms with Gasteiger partial charge in [0.1, 0.15) is 17.5 Å². The van der Waals surface area contributed by atoms with E-state index in [0.29, 0.717) is 0 Å². The lowest BCUT2D eigenvalue weighted by atomic mass is 9.84. The van der Waals surface area contributed by atoms with Crippen LogP contribution in [-0.4, -0.2) is 23.1 Å². The first kappa shape index (κ1) is 8.77. The first-order chi connectivity index (χ1) is 5.52. The number of Topliss-reactive ketones (excluding diaryl/α,β-unsaturated/α-hetero) is 4. The van der Waals surface area contributed by atoms with Gasteiger partial charge in [-0.1, -0.05) is 0 Å². The molecule has 0 bridgehead atoms. The van der Waals surface area contributed by atoms with Crippen molar-refractivity contribution in [3.63, 3.8) is 0 Å². The number of ketones is 4. The molecule has 0 aromatic heterocycles. The number of rotatable bonds is 1. The van der Waals surface area contributed by atoms with Crippen LogP contribution < -0.4 is 0 Å². The minimum Gasteiger partial charge on any atom is -0.299 e. The maximum Gasteiger partial charge on any atom is 0.158 e. The third-order valence-corrected chi connectivity index (χ3v) is 1.79. The molecular formula is C8H8O4. The molecule has 1 aliphatic rings. The van der Waals surface area contributed by atoms with Crippen molar-refractivity contribution in [2.24, 2.45) is 5.92 Å². The Morgan fingerprint density at radius 3 is 1.92 bits per heavy atom. The molecule has 1 saturated carbocycles. The first-order valence-electron chi connectivity index (χ1n) is 3.60. The Bertz CT molecular complexity index is 257. The van der Waals surface area contributed by atoms with Crippen LogP contribution in [0.15, 0.2) is 0 Å². The molecule has 0 aliphatic heterocycles. The fourth-order valence-corrected chi connectivity index (χ4v) is 1.29. The van der Waals surface area contributed by atoms with Gasteiger partial charge in [-0.3, -0.25) is 19.2 Å². The van der Waals surface area contributed by atoms with Gasteiger partial charge in [0.2, 0.25) is 0 Å². The van der Waals surface area contributed by atoms with E-state index in [2.05, 4.69) is 0 Å². The number of carbonyl (C=O) groups is 4. The second-order valence-corrected chi connectivity index (χ2v) is 2.87. The summed E-state index contributed by atoms with van der Waals surface area (Å²) < 4.78 is 0. The van der Waals surface area contributed by atoms with Gasteiger partial charge in [-0.15, -0.1) is 0 Å². The van der Waals surface area contributed by atoms with E-state index in [0.717, 1.165) is 0 Å². The average molecular weight is 168 g/mol. The van der Waals surface area contributed by atoms with Gasteiger partial charge in [0.15, 0.2) is 11.6 Å². The van der Waals surface area contributed by atoms with Crippen molar-refractivity contribution in [1.82, 2.24) is 0 Å². The molecular weight excluding hydrogens is 160 g/mol. The van der Waals surface area contributed by atoms with Crippen molar-refractivity contribution in [2.75, 3.05) is 0 Å². The second kappa shape index (κ2) is 2.97. The summed E-state index contributed by atoms with van der Waals surface area (Å²) in [4.78, 5) is 43.5. The van der Waals surface area contributed by atoms with Gasteiger partial charge in [-0.05, 0) is 6.92 Å². The van der Waals surface area contributed by atoms with Crippen LogP contribution in [0.3, 0.4) is 0 Å². The molecule has 0 radical (unpaired) electrons. The van der Waals surface area contributed by atoms with E-state index in [1.165, 1.54) is 6.92 Å². The zero-order valence-electron chi connectivity index (χ0n) is 6.62. The molecule has 64 valence electrons. The zero-order valence-corrected chi connectivity index (χ0v) is 6.62. The number of hydrogen-bond donors (Lipinski definition) is 0. The largest absolute Gasteiger partial charge is 0.299 e. The highest BCUT2D eigenvalue weighted by Gasteiger charge is 2.37. The second-order valence-electron chi connectivity index (χ2n) is 2.87. The minimum atomic E-state index is -1.16. The molecule has 0 saturated heterocycles. The molecule has 1 aliphatic carbocycles. The van der Waals surface area contributed by atoms with Crippen molar-refractivity contribution >= 4 is 23.1 Å². The highest BCUT2D eigenvalue weighted by molar-refractivity contribution is 6.29. The van der Waals surface area contributed by atoms with Gasteiger partial charge in [0.25, 0.3) is 0 Å². The molecule has 0 N–H and O–H groups in total. The van der Waals surface area contributed by atoms with Gasteiger partial charge in [0, 0.05) is 0 Å². The van der Waals surface area contributed by atoms with Crippen molar-refractivity contribution in [3.8, 4) is 0 Å². The van der Waals surface area contributed by atoms with Gasteiger partial charge in [-0.25, -0.2) is 0 Å². The van der Waals surface area contributed by atoms with Crippen molar-refractivity contribution < 1.29 is 19.2 Å². The predicted octanol–water partition coefficient (Wildman–Crippen LogP) is -0.307. The Hall–Kier alpha value is -1.32. The molecule has 4 heteroatoms. The Balaban J connectivity index is 2.88. The average Bonchev–Trinajstić information content (AvgIpc) is 1.82. The summed E-state index contributed by atoms with van der Waals surface area (Å²) in [5.74, 6) is -3.12. The van der Waals surface area contributed by atoms with Crippen molar-refractivity contribution in [2.45, 2.75) is 19.8 Å². The Kier molecular flexibility index (Phi) is 2.17. The summed E-state index contributed by atoms with van der Waals surface area (Å²) in [5, 5.41) is 0. The zero-order chi connectivity index (χ0) is 9.30. The van der Waals surface area contributed by atoms with Crippen LogP contribution in [0.4, 0.5) is 0 Å². The molecule has 0 unspecified atom stereocenters. The lowest BCUT2D eigenvalue weighted by Crippen LogP contribution is -2.37. The highest BCUT2D eigenvalue weighted by atomic mass is 16.2. The Labute approximate surface area is 68.9 Å². The van der Waals surface area contributed by atoms with E-state index in [9.17, 15) is 19.2 Å². The monoisotopic (exact) mass is 168 g/mol. The summed E-state index contributed by atoms with van der Waals surface area (Å²) in [6.45, 7) is 1.19. The molecule has 1 rings (SSSR count). The summed E-state index contributed by atoms with van der Waals surface area (Å²) in [5.41, 5.74) is 0. The van der Waals surface area contributed by atoms with Gasteiger partial charge in [0.05, 0.1) is 12.8 Å². The molecule has 0 spiro atoms. The normalized spacial score (nSPS) is 19.9. The summed E-state index contributed by atoms with van der Waals surface area (Å²) in [7, 11) is 0. The smallest absolute Gasteiger partial charge is 0.158 e. The molecule has 0 aromatic carbocycles. The lowest BCUT2D eigenvalue weighted by molar-refractivity contribution is -0.144. The molecule has 0 atom stereocenters. The highest BCUT2D eigenvalue weighted by Crippen LogP contribution is 2.15. The lowest BCUT2D eigenvalue weighted by Gasteiger charge is -2.15. The maximum absolute atomic E-state index is 11.0. The van der Waals surface area contributed by atoms with Crippen LogP contribution in [0.1, 0.15) is 19.8 Å². The molecule has 0 aromatic rings. The predicted molar refractivity (Wildman–Crippen MR) is 38.4 cm³/mol. The SMILES string of the molecule is CC(=O)C1C(=O)CC(=O)CC1=O. The fourth-order valence-electron chi connectivity index (χ4n) is 1.29. The standard InChI is InChI=1S/C8H8O4/c1-4(9)8-6(11)2-5(10)3-7(8)12/h8H,2-3H2,1H3. The van der Waals surface area contributed by atoms with E-state index in [4.69, 9.17) is 0 Å². The van der Waals surface area contributed by atoms with Crippen molar-refractivity contribution in [1.29, 1.82) is 0 Å². The third kappa shape index (κ3) is 1.47. The van der Waals surface area contributed by atoms with Crippen LogP contribution in [0, 0.1) is 5.92 Å². The Morgan fingerprint density at radius 1 is 1.17 bits per heavy atom. The molecule has 1 fully saturated rings. The van der Waals surface area contributed by atoms with E-state index in [1.807, 2.05) is 0 Å². The molecule has 0 amide bonds. The quantitative estimate of drug-likeness (QED) is 0.504. The molecule has 4 nitrogen and oxygen atoms in total. The van der Waals surface area contributed by atoms with Gasteiger partial charge < -0.3 is 0 Å². The third-order valence-electron chi connectivity index (χ3n) is 1.79. The maximum atomic E-state index is 11.0. The van der Waals surface area contributed by atoms with Gasteiger partial charge >= 0.3 is 0 Å². The van der Waals surface area contributed by atoms with E-state index in [1.54, 1.807) is 0 Å². The van der Waals surface area contributed by atoms with E-state index < -0.39 is 23.3 Å². The minimum absolute atomic E-state index is 0.268. The molecule has 12 heavy (non-hydrogen) atoms. The van der Waals surface area contributed by atoms with Gasteiger partial charge in [-0.2, -0.15) is 0 Å². The van der Waals surface area contributed by atoms with Crippen LogP contribution in [0.25, 0.3) is 0 Å². The summed E-state index contributed by atoms with van der Waals surface area (Å²) >= 11 is 0. The van der Waals surface area contributed by atoms with Crippen molar-refractivity contribution in [3.05, 3.63) is 0 Å². The fraction of sp³-hybridized carbons (Fsp3) is 0.500. The Morgan fingerprint density at radius 2 is 1.58 bits per heavy atom. The number of hydrogen-bond acceptors (Lipinski definition) is 4. The topological polar surface area (TPSA) is 68.3 Å². The van der Waals surface area contributed by atoms with E-state index >= 15 is 0 Å². The van der Waals surface area contributed by atoms with E-state index in [-0.39, 0.29) is 18.6 Å². The van der Waals surface area contributed by atoms with Crippen LogP contribution in [0.2, 0.25) is 0 Å². The first-order valence-corrected chi connectivity index (χ1v) is 3.60. The molecule has 0 heterocycles. The summed E-state index contributed by atoms with van der Waals surface area (Å²) in [6, 6.07) is 0. The van der Waals surface area contributed by atoms with Crippen LogP contribution in [-0.2, 0) is 19.2 Å². The summed E-state index contributed by atoms with van der Waals surface area (Å²) in [6.07, 6.45) is -0.536. The van der Waals surface area contributed by atoms with Crippen LogP contribution in [0.5, 0.6) is 0 Å². The van der Waals surface area contributed by atoms with Crippen LogP contribution >= 0.6 is 0 Å².